The number of aromatic nitrogens is 2. The van der Waals surface area contributed by atoms with Crippen LogP contribution in [0.3, 0.4) is 0 Å². The fraction of sp³-hybridized carbons (Fsp3) is 0.476. The summed E-state index contributed by atoms with van der Waals surface area (Å²) >= 11 is 0. The van der Waals surface area contributed by atoms with Crippen LogP contribution in [0.2, 0.25) is 0 Å². The summed E-state index contributed by atoms with van der Waals surface area (Å²) in [6.45, 7) is 1.69. The minimum absolute atomic E-state index is 0.0329. The molecule has 3 N–H and O–H groups in total. The molecule has 0 unspecified atom stereocenters. The molecule has 1 aliphatic carbocycles. The van der Waals surface area contributed by atoms with Crippen LogP contribution in [-0.4, -0.2) is 45.9 Å². The van der Waals surface area contributed by atoms with E-state index < -0.39 is 29.6 Å². The van der Waals surface area contributed by atoms with Crippen LogP contribution < -0.4 is 10.6 Å². The maximum atomic E-state index is 12.9. The van der Waals surface area contributed by atoms with E-state index in [1.807, 2.05) is 0 Å². The van der Waals surface area contributed by atoms with Crippen LogP contribution in [0.25, 0.3) is 0 Å². The molecule has 2 aromatic rings. The number of benzene rings is 1. The third kappa shape index (κ3) is 5.25. The van der Waals surface area contributed by atoms with Gasteiger partial charge >= 0.3 is 6.18 Å². The molecule has 0 bridgehead atoms. The van der Waals surface area contributed by atoms with Gasteiger partial charge < -0.3 is 15.7 Å². The van der Waals surface area contributed by atoms with Crippen LogP contribution in [0.5, 0.6) is 0 Å². The van der Waals surface area contributed by atoms with E-state index in [4.69, 9.17) is 0 Å². The summed E-state index contributed by atoms with van der Waals surface area (Å²) in [4.78, 5) is 25.0. The first-order valence-electron chi connectivity index (χ1n) is 10.1. The van der Waals surface area contributed by atoms with E-state index >= 15 is 0 Å². The lowest BCUT2D eigenvalue weighted by atomic mass is 9.93. The number of carbonyl (C=O) groups is 2. The first kappa shape index (κ1) is 22.8. The zero-order chi connectivity index (χ0) is 22.8. The van der Waals surface area contributed by atoms with Crippen molar-refractivity contribution in [1.82, 2.24) is 20.4 Å². The molecular formula is C21H25F3N4O3. The standard InChI is InChI=1S/C21H25F3N4O3/c1-12(13-3-5-14(6-4-13)21(22,23)24)28-18(11-17(27-28)19(30)25-2)20(31)26-15-7-9-16(29)10-8-15/h3-6,11-12,15-16,29H,7-10H2,1-2H3,(H,25,30)(H,26,31)/t12-,15-,16-/m1/s1. The summed E-state index contributed by atoms with van der Waals surface area (Å²) in [5, 5.41) is 19.2. The molecule has 168 valence electrons. The molecule has 1 aromatic heterocycles. The number of carbonyl (C=O) groups excluding carboxylic acids is 2. The zero-order valence-electron chi connectivity index (χ0n) is 17.2. The number of alkyl halides is 3. The maximum absolute atomic E-state index is 12.9. The van der Waals surface area contributed by atoms with Gasteiger partial charge in [-0.3, -0.25) is 14.3 Å². The number of rotatable bonds is 5. The van der Waals surface area contributed by atoms with Gasteiger partial charge in [-0.1, -0.05) is 12.1 Å². The van der Waals surface area contributed by atoms with E-state index in [0.717, 1.165) is 12.1 Å². The first-order valence-corrected chi connectivity index (χ1v) is 10.1. The third-order valence-electron chi connectivity index (χ3n) is 5.55. The molecule has 10 heteroatoms. The molecule has 1 heterocycles. The number of amides is 2. The molecule has 0 radical (unpaired) electrons. The molecule has 0 spiro atoms. The molecule has 1 aromatic carbocycles. The third-order valence-corrected chi connectivity index (χ3v) is 5.55. The SMILES string of the molecule is CNC(=O)c1cc(C(=O)N[C@H]2CC[C@H](O)CC2)n([C@H](C)c2ccc(C(F)(F)F)cc2)n1. The molecule has 1 atom stereocenters. The zero-order valence-corrected chi connectivity index (χ0v) is 17.2. The Kier molecular flexibility index (Phi) is 6.68. The molecule has 1 fully saturated rings. The van der Waals surface area contributed by atoms with Crippen molar-refractivity contribution in [2.75, 3.05) is 7.05 Å². The predicted molar refractivity (Wildman–Crippen MR) is 107 cm³/mol. The Morgan fingerprint density at radius 1 is 1.13 bits per heavy atom. The molecule has 0 saturated heterocycles. The molecule has 3 rings (SSSR count). The summed E-state index contributed by atoms with van der Waals surface area (Å²) in [5.41, 5.74) is -0.0931. The second kappa shape index (κ2) is 9.09. The van der Waals surface area contributed by atoms with Crippen LogP contribution in [0, 0.1) is 0 Å². The summed E-state index contributed by atoms with van der Waals surface area (Å²) in [7, 11) is 1.44. The lowest BCUT2D eigenvalue weighted by Gasteiger charge is -2.26. The van der Waals surface area contributed by atoms with Gasteiger partial charge in [-0.15, -0.1) is 0 Å². The lowest BCUT2D eigenvalue weighted by Crippen LogP contribution is -2.39. The number of nitrogens with one attached hydrogen (secondary N) is 2. The molecular weight excluding hydrogens is 413 g/mol. The summed E-state index contributed by atoms with van der Waals surface area (Å²) in [5.74, 6) is -0.906. The van der Waals surface area contributed by atoms with E-state index in [-0.39, 0.29) is 23.5 Å². The van der Waals surface area contributed by atoms with Gasteiger partial charge in [0.15, 0.2) is 5.69 Å². The highest BCUT2D eigenvalue weighted by Crippen LogP contribution is 2.30. The van der Waals surface area contributed by atoms with Crippen LogP contribution in [0.1, 0.15) is 70.8 Å². The van der Waals surface area contributed by atoms with E-state index in [1.54, 1.807) is 6.92 Å². The quantitative estimate of drug-likeness (QED) is 0.669. The number of aliphatic hydroxyl groups excluding tert-OH is 1. The topological polar surface area (TPSA) is 96.3 Å². The largest absolute Gasteiger partial charge is 0.416 e. The number of hydrogen-bond donors (Lipinski definition) is 3. The van der Waals surface area contributed by atoms with Crippen molar-refractivity contribution >= 4 is 11.8 Å². The molecule has 7 nitrogen and oxygen atoms in total. The van der Waals surface area contributed by atoms with E-state index in [1.165, 1.54) is 29.9 Å². The Morgan fingerprint density at radius 2 is 1.74 bits per heavy atom. The molecule has 1 saturated carbocycles. The normalized spacial score (nSPS) is 20.2. The van der Waals surface area contributed by atoms with Crippen molar-refractivity contribution in [2.45, 2.75) is 57.0 Å². The highest BCUT2D eigenvalue weighted by molar-refractivity contribution is 5.98. The molecule has 1 aliphatic rings. The molecule has 0 aliphatic heterocycles. The number of hydrogen-bond acceptors (Lipinski definition) is 4. The Labute approximate surface area is 177 Å². The number of halogens is 3. The van der Waals surface area contributed by atoms with Crippen molar-refractivity contribution in [3.63, 3.8) is 0 Å². The maximum Gasteiger partial charge on any atom is 0.416 e. The van der Waals surface area contributed by atoms with Crippen molar-refractivity contribution in [3.05, 3.63) is 52.8 Å². The van der Waals surface area contributed by atoms with Crippen molar-refractivity contribution < 1.29 is 27.9 Å². The second-order valence-corrected chi connectivity index (χ2v) is 7.71. The van der Waals surface area contributed by atoms with Crippen molar-refractivity contribution in [1.29, 1.82) is 0 Å². The highest BCUT2D eigenvalue weighted by Gasteiger charge is 2.31. The number of nitrogens with zero attached hydrogens (tertiary/aromatic N) is 2. The van der Waals surface area contributed by atoms with Gasteiger partial charge in [0.25, 0.3) is 11.8 Å². The average Bonchev–Trinajstić information content (AvgIpc) is 3.19. The Hall–Kier alpha value is -2.88. The lowest BCUT2D eigenvalue weighted by molar-refractivity contribution is -0.137. The van der Waals surface area contributed by atoms with Crippen molar-refractivity contribution in [3.8, 4) is 0 Å². The number of aliphatic hydroxyl groups is 1. The van der Waals surface area contributed by atoms with Gasteiger partial charge in [0.05, 0.1) is 17.7 Å². The monoisotopic (exact) mass is 438 g/mol. The summed E-state index contributed by atoms with van der Waals surface area (Å²) in [6, 6.07) is 5.28. The predicted octanol–water partition coefficient (Wildman–Crippen LogP) is 2.90. The minimum atomic E-state index is -4.45. The fourth-order valence-electron chi connectivity index (χ4n) is 3.67. The minimum Gasteiger partial charge on any atom is -0.393 e. The highest BCUT2D eigenvalue weighted by atomic mass is 19.4. The van der Waals surface area contributed by atoms with E-state index in [0.29, 0.717) is 31.2 Å². The van der Waals surface area contributed by atoms with Gasteiger partial charge in [-0.05, 0) is 50.3 Å². The average molecular weight is 438 g/mol. The van der Waals surface area contributed by atoms with E-state index in [9.17, 15) is 27.9 Å². The fourth-order valence-corrected chi connectivity index (χ4v) is 3.67. The smallest absolute Gasteiger partial charge is 0.393 e. The summed E-state index contributed by atoms with van der Waals surface area (Å²) in [6.07, 6.45) is -2.35. The molecule has 31 heavy (non-hydrogen) atoms. The molecule has 2 amide bonds. The Balaban J connectivity index is 1.88. The van der Waals surface area contributed by atoms with Crippen molar-refractivity contribution in [2.24, 2.45) is 0 Å². The van der Waals surface area contributed by atoms with Crippen LogP contribution >= 0.6 is 0 Å². The van der Waals surface area contributed by atoms with Gasteiger partial charge in [-0.2, -0.15) is 18.3 Å². The van der Waals surface area contributed by atoms with Gasteiger partial charge in [0, 0.05) is 19.2 Å². The first-order chi connectivity index (χ1) is 14.6. The Bertz CT molecular complexity index is 932. The van der Waals surface area contributed by atoms with Crippen LogP contribution in [0.15, 0.2) is 30.3 Å². The van der Waals surface area contributed by atoms with Crippen LogP contribution in [-0.2, 0) is 6.18 Å². The van der Waals surface area contributed by atoms with Gasteiger partial charge in [0.2, 0.25) is 0 Å². The van der Waals surface area contributed by atoms with E-state index in [2.05, 4.69) is 15.7 Å². The summed E-state index contributed by atoms with van der Waals surface area (Å²) < 4.78 is 39.9. The van der Waals surface area contributed by atoms with Crippen LogP contribution in [0.4, 0.5) is 13.2 Å². The Morgan fingerprint density at radius 3 is 2.29 bits per heavy atom. The van der Waals surface area contributed by atoms with Gasteiger partial charge in [-0.25, -0.2) is 0 Å². The second-order valence-electron chi connectivity index (χ2n) is 7.71. The van der Waals surface area contributed by atoms with Gasteiger partial charge in [0.1, 0.15) is 5.69 Å².